The first-order valence-corrected chi connectivity index (χ1v) is 6.86. The second kappa shape index (κ2) is 7.61. The van der Waals surface area contributed by atoms with E-state index in [2.05, 4.69) is 22.7 Å². The summed E-state index contributed by atoms with van der Waals surface area (Å²) in [5, 5.41) is 2.20. The zero-order chi connectivity index (χ0) is 17.7. The van der Waals surface area contributed by atoms with Crippen molar-refractivity contribution in [2.75, 3.05) is 25.1 Å². The molecular formula is C13H14F7NOS. The average Bonchev–Trinajstić information content (AvgIpc) is 2.44. The molecule has 2 nitrogen and oxygen atoms in total. The number of benzene rings is 1. The molecule has 0 aliphatic heterocycles. The minimum Gasteiger partial charge on any atom is -0.384 e. The second-order valence-corrected chi connectivity index (χ2v) is 5.42. The van der Waals surface area contributed by atoms with Crippen molar-refractivity contribution in [1.29, 1.82) is 0 Å². The molecule has 1 aromatic rings. The van der Waals surface area contributed by atoms with Gasteiger partial charge in [0.05, 0.1) is 6.61 Å². The van der Waals surface area contributed by atoms with Gasteiger partial charge in [-0.05, 0) is 12.1 Å². The molecule has 1 aromatic carbocycles. The Morgan fingerprint density at radius 1 is 1.00 bits per heavy atom. The lowest BCUT2D eigenvalue weighted by Crippen LogP contribution is -2.54. The third kappa shape index (κ3) is 5.45. The highest BCUT2D eigenvalue weighted by atomic mass is 32.1. The summed E-state index contributed by atoms with van der Waals surface area (Å²) in [5.41, 5.74) is 0.709. The third-order valence-electron chi connectivity index (χ3n) is 2.72. The van der Waals surface area contributed by atoms with Crippen LogP contribution in [0, 0.1) is 0 Å². The van der Waals surface area contributed by atoms with Crippen molar-refractivity contribution in [2.24, 2.45) is 0 Å². The van der Waals surface area contributed by atoms with E-state index in [4.69, 9.17) is 0 Å². The molecule has 1 N–H and O–H groups in total. The Hall–Kier alpha value is -1.16. The molecular weight excluding hydrogens is 351 g/mol. The predicted octanol–water partition coefficient (Wildman–Crippen LogP) is 4.25. The highest BCUT2D eigenvalue weighted by molar-refractivity contribution is 7.81. The predicted molar refractivity (Wildman–Crippen MR) is 74.5 cm³/mol. The smallest absolute Gasteiger partial charge is 0.384 e. The van der Waals surface area contributed by atoms with Crippen molar-refractivity contribution < 1.29 is 35.5 Å². The van der Waals surface area contributed by atoms with Crippen molar-refractivity contribution in [3.63, 3.8) is 0 Å². The van der Waals surface area contributed by atoms with E-state index in [1.807, 2.05) is 0 Å². The second-order valence-electron chi connectivity index (χ2n) is 4.69. The molecule has 0 radical (unpaired) electrons. The molecule has 10 heteroatoms. The normalized spacial score (nSPS) is 14.6. The van der Waals surface area contributed by atoms with Crippen LogP contribution in [0.25, 0.3) is 0 Å². The monoisotopic (exact) mass is 365 g/mol. The Balaban J connectivity index is 2.40. The largest absolute Gasteiger partial charge is 0.459 e. The van der Waals surface area contributed by atoms with E-state index in [-0.39, 0.29) is 6.54 Å². The van der Waals surface area contributed by atoms with Gasteiger partial charge in [-0.3, -0.25) is 0 Å². The van der Waals surface area contributed by atoms with E-state index >= 15 is 0 Å². The molecule has 23 heavy (non-hydrogen) atoms. The SMILES string of the molecule is FC(F)(F)C(F)(F)C(F)(F)COCC(S)CNc1ccccc1. The fraction of sp³-hybridized carbons (Fsp3) is 0.538. The van der Waals surface area contributed by atoms with E-state index in [0.717, 1.165) is 0 Å². The minimum absolute atomic E-state index is 0.147. The third-order valence-corrected chi connectivity index (χ3v) is 3.06. The van der Waals surface area contributed by atoms with Gasteiger partial charge in [-0.25, -0.2) is 0 Å². The van der Waals surface area contributed by atoms with E-state index in [0.29, 0.717) is 5.69 Å². The molecule has 0 saturated carbocycles. The number of hydrogen-bond acceptors (Lipinski definition) is 3. The fourth-order valence-corrected chi connectivity index (χ4v) is 1.67. The van der Waals surface area contributed by atoms with Gasteiger partial charge in [0.2, 0.25) is 0 Å². The molecule has 0 saturated heterocycles. The lowest BCUT2D eigenvalue weighted by molar-refractivity contribution is -0.361. The summed E-state index contributed by atoms with van der Waals surface area (Å²) >= 11 is 3.98. The summed E-state index contributed by atoms with van der Waals surface area (Å²) in [4.78, 5) is 0. The van der Waals surface area contributed by atoms with Gasteiger partial charge in [0.15, 0.2) is 0 Å². The Labute approximate surface area is 133 Å². The molecule has 0 fully saturated rings. The van der Waals surface area contributed by atoms with Gasteiger partial charge in [0.25, 0.3) is 0 Å². The number of hydrogen-bond donors (Lipinski definition) is 2. The van der Waals surface area contributed by atoms with Crippen molar-refractivity contribution in [3.8, 4) is 0 Å². The van der Waals surface area contributed by atoms with Crippen molar-refractivity contribution in [2.45, 2.75) is 23.3 Å². The molecule has 1 unspecified atom stereocenters. The molecule has 0 bridgehead atoms. The standard InChI is InChI=1S/C13H14F7NOS/c14-11(15,12(16,17)13(18,19)20)8-22-7-10(23)6-21-9-4-2-1-3-5-9/h1-5,10,21,23H,6-8H2. The Kier molecular flexibility index (Phi) is 6.58. The molecule has 0 aliphatic carbocycles. The van der Waals surface area contributed by atoms with Crippen LogP contribution in [0.3, 0.4) is 0 Å². The zero-order valence-corrected chi connectivity index (χ0v) is 12.5. The highest BCUT2D eigenvalue weighted by Gasteiger charge is 2.72. The lowest BCUT2D eigenvalue weighted by atomic mass is 10.2. The number of halogens is 7. The van der Waals surface area contributed by atoms with Crippen LogP contribution in [0.4, 0.5) is 36.4 Å². The maximum absolute atomic E-state index is 13.0. The van der Waals surface area contributed by atoms with Crippen LogP contribution < -0.4 is 5.32 Å². The molecule has 1 atom stereocenters. The van der Waals surface area contributed by atoms with E-state index < -0.39 is 36.5 Å². The fourth-order valence-electron chi connectivity index (χ4n) is 1.47. The Bertz CT molecular complexity index is 481. The van der Waals surface area contributed by atoms with Gasteiger partial charge >= 0.3 is 18.0 Å². The number of rotatable bonds is 8. The van der Waals surface area contributed by atoms with E-state index in [1.165, 1.54) is 0 Å². The van der Waals surface area contributed by atoms with E-state index in [9.17, 15) is 30.7 Å². The van der Waals surface area contributed by atoms with Gasteiger partial charge < -0.3 is 10.1 Å². The quantitative estimate of drug-likeness (QED) is 0.531. The molecule has 0 heterocycles. The Morgan fingerprint density at radius 3 is 2.09 bits per heavy atom. The van der Waals surface area contributed by atoms with Gasteiger partial charge in [-0.15, -0.1) is 0 Å². The maximum atomic E-state index is 13.0. The number of nitrogens with one attached hydrogen (secondary N) is 1. The number of para-hydroxylation sites is 1. The van der Waals surface area contributed by atoms with Crippen LogP contribution in [0.15, 0.2) is 30.3 Å². The molecule has 0 aromatic heterocycles. The average molecular weight is 365 g/mol. The molecule has 1 rings (SSSR count). The van der Waals surface area contributed by atoms with Crippen molar-refractivity contribution in [1.82, 2.24) is 0 Å². The van der Waals surface area contributed by atoms with Gasteiger partial charge in [-0.2, -0.15) is 43.4 Å². The van der Waals surface area contributed by atoms with Crippen LogP contribution in [0.5, 0.6) is 0 Å². The summed E-state index contributed by atoms with van der Waals surface area (Å²) in [6.45, 7) is -2.43. The molecule has 0 aliphatic rings. The van der Waals surface area contributed by atoms with Gasteiger partial charge in [0, 0.05) is 17.5 Å². The number of thiol groups is 1. The van der Waals surface area contributed by atoms with Gasteiger partial charge in [0.1, 0.15) is 6.61 Å². The molecule has 0 amide bonds. The van der Waals surface area contributed by atoms with E-state index in [1.54, 1.807) is 30.3 Å². The number of alkyl halides is 7. The Morgan fingerprint density at radius 2 is 1.57 bits per heavy atom. The minimum atomic E-state index is -6.35. The summed E-state index contributed by atoms with van der Waals surface area (Å²) in [7, 11) is 0. The van der Waals surface area contributed by atoms with Crippen LogP contribution in [0.2, 0.25) is 0 Å². The molecule has 0 spiro atoms. The first-order valence-electron chi connectivity index (χ1n) is 6.34. The summed E-state index contributed by atoms with van der Waals surface area (Å²) in [5.74, 6) is -11.5. The summed E-state index contributed by atoms with van der Waals surface area (Å²) in [6, 6.07) is 8.70. The summed E-state index contributed by atoms with van der Waals surface area (Å²) in [6.07, 6.45) is -6.35. The molecule has 132 valence electrons. The van der Waals surface area contributed by atoms with Crippen LogP contribution in [0.1, 0.15) is 0 Å². The lowest BCUT2D eigenvalue weighted by Gasteiger charge is -2.28. The van der Waals surface area contributed by atoms with Crippen LogP contribution in [-0.4, -0.2) is 43.0 Å². The van der Waals surface area contributed by atoms with Crippen LogP contribution in [-0.2, 0) is 4.74 Å². The first-order chi connectivity index (χ1) is 10.5. The number of ether oxygens (including phenoxy) is 1. The van der Waals surface area contributed by atoms with Gasteiger partial charge in [-0.1, -0.05) is 18.2 Å². The number of anilines is 1. The van der Waals surface area contributed by atoms with Crippen LogP contribution >= 0.6 is 12.6 Å². The van der Waals surface area contributed by atoms with Crippen molar-refractivity contribution in [3.05, 3.63) is 30.3 Å². The highest BCUT2D eigenvalue weighted by Crippen LogP contribution is 2.46. The summed E-state index contributed by atoms with van der Waals surface area (Å²) < 4.78 is 91.2. The topological polar surface area (TPSA) is 21.3 Å². The maximum Gasteiger partial charge on any atom is 0.459 e. The zero-order valence-electron chi connectivity index (χ0n) is 11.6. The van der Waals surface area contributed by atoms with Crippen molar-refractivity contribution >= 4 is 18.3 Å². The first kappa shape index (κ1) is 19.9.